The van der Waals surface area contributed by atoms with E-state index >= 15 is 0 Å². The van der Waals surface area contributed by atoms with Crippen molar-refractivity contribution in [3.63, 3.8) is 0 Å². The molecule has 3 rings (SSSR count). The second-order valence-electron chi connectivity index (χ2n) is 8.78. The lowest BCUT2D eigenvalue weighted by Gasteiger charge is -2.42. The molecule has 26 heavy (non-hydrogen) atoms. The highest BCUT2D eigenvalue weighted by molar-refractivity contribution is 5.88. The summed E-state index contributed by atoms with van der Waals surface area (Å²) in [6.07, 6.45) is 4.61. The highest BCUT2D eigenvalue weighted by Gasteiger charge is 2.36. The van der Waals surface area contributed by atoms with Crippen LogP contribution in [0.3, 0.4) is 0 Å². The molecule has 2 heteroatoms. The van der Waals surface area contributed by atoms with Crippen LogP contribution in [-0.4, -0.2) is 11.1 Å². The third-order valence-electron chi connectivity index (χ3n) is 5.85. The van der Waals surface area contributed by atoms with Crippen LogP contribution in [0.5, 0.6) is 0 Å². The minimum atomic E-state index is -0.891. The lowest BCUT2D eigenvalue weighted by molar-refractivity contribution is 0.0697. The molecule has 2 aromatic carbocycles. The van der Waals surface area contributed by atoms with Crippen LogP contribution < -0.4 is 0 Å². The molecular formula is C24H28O2. The Labute approximate surface area is 156 Å². The van der Waals surface area contributed by atoms with Crippen LogP contribution in [-0.2, 0) is 10.8 Å². The van der Waals surface area contributed by atoms with Gasteiger partial charge in [0.25, 0.3) is 0 Å². The van der Waals surface area contributed by atoms with Crippen molar-refractivity contribution >= 4 is 17.6 Å². The molecule has 0 unspecified atom stereocenters. The zero-order valence-corrected chi connectivity index (χ0v) is 16.4. The van der Waals surface area contributed by atoms with Crippen LogP contribution in [0, 0.1) is 0 Å². The standard InChI is InChI=1S/C24H28O2/c1-16(18-7-9-19(10-8-18)22(25)26)14-17-6-11-20-21(15-17)24(4,5)13-12-23(20,2)3/h6-11,14-15H,12-13H2,1-5H3,(H,25,26)/b16-14+. The number of hydrogen-bond acceptors (Lipinski definition) is 1. The normalized spacial score (nSPS) is 18.3. The second-order valence-corrected chi connectivity index (χ2v) is 8.78. The summed E-state index contributed by atoms with van der Waals surface area (Å²) in [6, 6.07) is 13.9. The SMILES string of the molecule is C/C(=C\c1ccc2c(c1)C(C)(C)CCC2(C)C)c1ccc(C(=O)O)cc1. The van der Waals surface area contributed by atoms with Crippen molar-refractivity contribution in [2.75, 3.05) is 0 Å². The van der Waals surface area contributed by atoms with E-state index in [0.29, 0.717) is 5.56 Å². The number of aromatic carboxylic acids is 1. The van der Waals surface area contributed by atoms with Crippen molar-refractivity contribution < 1.29 is 9.90 Å². The summed E-state index contributed by atoms with van der Waals surface area (Å²) >= 11 is 0. The number of fused-ring (bicyclic) bond motifs is 1. The first kappa shape index (κ1) is 18.4. The van der Waals surface area contributed by atoms with Gasteiger partial charge in [-0.15, -0.1) is 0 Å². The van der Waals surface area contributed by atoms with Gasteiger partial charge in [0.05, 0.1) is 5.56 Å². The largest absolute Gasteiger partial charge is 0.478 e. The second kappa shape index (κ2) is 6.42. The van der Waals surface area contributed by atoms with E-state index < -0.39 is 5.97 Å². The van der Waals surface area contributed by atoms with Gasteiger partial charge in [-0.05, 0) is 70.6 Å². The van der Waals surface area contributed by atoms with Crippen molar-refractivity contribution in [1.29, 1.82) is 0 Å². The first-order chi connectivity index (χ1) is 12.1. The monoisotopic (exact) mass is 348 g/mol. The van der Waals surface area contributed by atoms with Crippen LogP contribution in [0.4, 0.5) is 0 Å². The zero-order valence-electron chi connectivity index (χ0n) is 16.4. The van der Waals surface area contributed by atoms with Crippen LogP contribution in [0.2, 0.25) is 0 Å². The van der Waals surface area contributed by atoms with Crippen molar-refractivity contribution in [2.24, 2.45) is 0 Å². The molecule has 0 spiro atoms. The van der Waals surface area contributed by atoms with Gasteiger partial charge >= 0.3 is 5.97 Å². The van der Waals surface area contributed by atoms with Crippen LogP contribution in [0.25, 0.3) is 11.6 Å². The maximum atomic E-state index is 11.0. The molecule has 136 valence electrons. The lowest BCUT2D eigenvalue weighted by atomic mass is 9.63. The summed E-state index contributed by atoms with van der Waals surface area (Å²) in [5.41, 5.74) is 7.06. The number of benzene rings is 2. The van der Waals surface area contributed by atoms with Crippen LogP contribution in [0.15, 0.2) is 42.5 Å². The highest BCUT2D eigenvalue weighted by Crippen LogP contribution is 2.46. The molecular weight excluding hydrogens is 320 g/mol. The van der Waals surface area contributed by atoms with Crippen molar-refractivity contribution in [1.82, 2.24) is 0 Å². The van der Waals surface area contributed by atoms with E-state index in [1.54, 1.807) is 12.1 Å². The Bertz CT molecular complexity index is 868. The summed E-state index contributed by atoms with van der Waals surface area (Å²) in [4.78, 5) is 11.0. The number of carboxylic acids is 1. The van der Waals surface area contributed by atoms with Crippen molar-refractivity contribution in [3.05, 3.63) is 70.3 Å². The predicted octanol–water partition coefficient (Wildman–Crippen LogP) is 6.29. The summed E-state index contributed by atoms with van der Waals surface area (Å²) in [6.45, 7) is 11.4. The zero-order chi connectivity index (χ0) is 19.1. The fourth-order valence-corrected chi connectivity index (χ4v) is 3.91. The molecule has 0 radical (unpaired) electrons. The third-order valence-corrected chi connectivity index (χ3v) is 5.85. The Morgan fingerprint density at radius 2 is 1.42 bits per heavy atom. The Morgan fingerprint density at radius 3 is 2.00 bits per heavy atom. The van der Waals surface area contributed by atoms with Gasteiger partial charge in [0.15, 0.2) is 0 Å². The van der Waals surface area contributed by atoms with Gasteiger partial charge < -0.3 is 5.11 Å². The Balaban J connectivity index is 1.97. The van der Waals surface area contributed by atoms with Gasteiger partial charge in [0, 0.05) is 0 Å². The Morgan fingerprint density at radius 1 is 0.885 bits per heavy atom. The first-order valence-corrected chi connectivity index (χ1v) is 9.27. The molecule has 0 aliphatic heterocycles. The van der Waals surface area contributed by atoms with Gasteiger partial charge in [-0.1, -0.05) is 64.1 Å². The Kier molecular flexibility index (Phi) is 4.56. The van der Waals surface area contributed by atoms with E-state index in [4.69, 9.17) is 5.11 Å². The Hall–Kier alpha value is -2.35. The number of carbonyl (C=O) groups is 1. The van der Waals surface area contributed by atoms with E-state index in [2.05, 4.69) is 58.9 Å². The van der Waals surface area contributed by atoms with Gasteiger partial charge in [0.1, 0.15) is 0 Å². The van der Waals surface area contributed by atoms with Gasteiger partial charge in [0.2, 0.25) is 0 Å². The maximum absolute atomic E-state index is 11.0. The van der Waals surface area contributed by atoms with E-state index in [1.165, 1.54) is 29.5 Å². The molecule has 2 aromatic rings. The molecule has 1 aliphatic carbocycles. The topological polar surface area (TPSA) is 37.3 Å². The number of carboxylic acid groups (broad SMARTS) is 1. The molecule has 0 atom stereocenters. The first-order valence-electron chi connectivity index (χ1n) is 9.27. The van der Waals surface area contributed by atoms with E-state index in [1.807, 2.05) is 12.1 Å². The van der Waals surface area contributed by atoms with Crippen LogP contribution >= 0.6 is 0 Å². The van der Waals surface area contributed by atoms with E-state index in [9.17, 15) is 4.79 Å². The van der Waals surface area contributed by atoms with Gasteiger partial charge in [-0.25, -0.2) is 4.79 Å². The van der Waals surface area contributed by atoms with E-state index in [0.717, 1.165) is 11.1 Å². The molecule has 1 N–H and O–H groups in total. The van der Waals surface area contributed by atoms with Crippen molar-refractivity contribution in [2.45, 2.75) is 58.3 Å². The quantitative estimate of drug-likeness (QED) is 0.661. The van der Waals surface area contributed by atoms with Gasteiger partial charge in [-0.3, -0.25) is 0 Å². The summed E-state index contributed by atoms with van der Waals surface area (Å²) in [5, 5.41) is 9.04. The predicted molar refractivity (Wildman–Crippen MR) is 109 cm³/mol. The molecule has 0 saturated heterocycles. The van der Waals surface area contributed by atoms with Gasteiger partial charge in [-0.2, -0.15) is 0 Å². The molecule has 1 aliphatic rings. The van der Waals surface area contributed by atoms with Crippen molar-refractivity contribution in [3.8, 4) is 0 Å². The van der Waals surface area contributed by atoms with Crippen LogP contribution in [0.1, 0.15) is 80.1 Å². The molecule has 0 aromatic heterocycles. The molecule has 0 amide bonds. The number of allylic oxidation sites excluding steroid dienone is 1. The number of rotatable bonds is 3. The molecule has 0 heterocycles. The summed E-state index contributed by atoms with van der Waals surface area (Å²) < 4.78 is 0. The highest BCUT2D eigenvalue weighted by atomic mass is 16.4. The molecule has 2 nitrogen and oxygen atoms in total. The average molecular weight is 348 g/mol. The lowest BCUT2D eigenvalue weighted by Crippen LogP contribution is -2.33. The minimum Gasteiger partial charge on any atom is -0.478 e. The smallest absolute Gasteiger partial charge is 0.335 e. The fraction of sp³-hybridized carbons (Fsp3) is 0.375. The molecule has 0 bridgehead atoms. The number of hydrogen-bond donors (Lipinski definition) is 1. The molecule has 0 saturated carbocycles. The molecule has 0 fully saturated rings. The van der Waals surface area contributed by atoms with E-state index in [-0.39, 0.29) is 10.8 Å². The average Bonchev–Trinajstić information content (AvgIpc) is 2.59. The summed E-state index contributed by atoms with van der Waals surface area (Å²) in [5.74, 6) is -0.891. The summed E-state index contributed by atoms with van der Waals surface area (Å²) in [7, 11) is 0. The fourth-order valence-electron chi connectivity index (χ4n) is 3.91. The maximum Gasteiger partial charge on any atom is 0.335 e. The minimum absolute atomic E-state index is 0.200. The third kappa shape index (κ3) is 3.46.